The van der Waals surface area contributed by atoms with Gasteiger partial charge in [-0.05, 0) is 61.2 Å². The number of thiazole rings is 1. The molecule has 2 N–H and O–H groups in total. The fourth-order valence-corrected chi connectivity index (χ4v) is 7.53. The van der Waals surface area contributed by atoms with E-state index in [2.05, 4.69) is 25.2 Å². The standard InChI is InChI=1S/C33H27F4N7O6S2/c34-22-4-1-5-24(15-22)50-28-11-10-26(41-31(45)27-19-51-32(42-27)21-12-13-38-39-17-21)30(29(28)33(35,36)37)43-14-2-3-20(18-43)16-40-52(48,49)25-8-6-23(7-9-25)44(46)47/h1,4-13,15,17,19-20,40H,2-3,14,16,18H2,(H,41,45)/t20-/m0/s1. The first-order valence-corrected chi connectivity index (χ1v) is 17.9. The Balaban J connectivity index is 1.32. The van der Waals surface area contributed by atoms with Crippen molar-refractivity contribution in [2.75, 3.05) is 29.9 Å². The number of halogens is 4. The third kappa shape index (κ3) is 8.32. The third-order valence-electron chi connectivity index (χ3n) is 8.02. The second-order valence-corrected chi connectivity index (χ2v) is 14.2. The number of nitro groups is 1. The van der Waals surface area contributed by atoms with Crippen molar-refractivity contribution in [1.29, 1.82) is 0 Å². The first kappa shape index (κ1) is 36.3. The number of piperidine rings is 1. The van der Waals surface area contributed by atoms with Gasteiger partial charge in [-0.15, -0.1) is 11.3 Å². The van der Waals surface area contributed by atoms with Gasteiger partial charge in [0.2, 0.25) is 10.0 Å². The molecule has 3 aromatic carbocycles. The van der Waals surface area contributed by atoms with Crippen molar-refractivity contribution in [2.45, 2.75) is 23.9 Å². The highest BCUT2D eigenvalue weighted by molar-refractivity contribution is 7.89. The van der Waals surface area contributed by atoms with Crippen molar-refractivity contribution in [3.63, 3.8) is 0 Å². The van der Waals surface area contributed by atoms with Gasteiger partial charge in [-0.25, -0.2) is 22.5 Å². The number of hydrogen-bond acceptors (Lipinski definition) is 11. The smallest absolute Gasteiger partial charge is 0.422 e. The zero-order chi connectivity index (χ0) is 37.0. The number of nitrogens with zero attached hydrogens (tertiary/aromatic N) is 5. The molecule has 6 rings (SSSR count). The number of amides is 1. The molecule has 13 nitrogen and oxygen atoms in total. The fraction of sp³-hybridized carbons (Fsp3) is 0.212. The number of anilines is 2. The van der Waals surface area contributed by atoms with Crippen molar-refractivity contribution >= 4 is 44.3 Å². The van der Waals surface area contributed by atoms with Gasteiger partial charge in [0.05, 0.1) is 33.6 Å². The molecule has 5 aromatic rings. The van der Waals surface area contributed by atoms with E-state index in [1.807, 2.05) is 0 Å². The van der Waals surface area contributed by atoms with E-state index in [9.17, 15) is 27.7 Å². The van der Waals surface area contributed by atoms with Gasteiger partial charge in [0.1, 0.15) is 33.6 Å². The monoisotopic (exact) mass is 757 g/mol. The van der Waals surface area contributed by atoms with Crippen molar-refractivity contribution in [1.82, 2.24) is 19.9 Å². The Morgan fingerprint density at radius 3 is 2.58 bits per heavy atom. The number of nitro benzene ring substituents is 1. The van der Waals surface area contributed by atoms with Gasteiger partial charge in [-0.2, -0.15) is 23.4 Å². The Morgan fingerprint density at radius 2 is 1.88 bits per heavy atom. The van der Waals surface area contributed by atoms with Crippen LogP contribution in [0.25, 0.3) is 10.6 Å². The predicted molar refractivity (Wildman–Crippen MR) is 182 cm³/mol. The number of sulfonamides is 1. The molecule has 1 saturated heterocycles. The largest absolute Gasteiger partial charge is 0.457 e. The molecule has 270 valence electrons. The molecule has 0 unspecified atom stereocenters. The summed E-state index contributed by atoms with van der Waals surface area (Å²) in [5, 5.41) is 22.9. The number of benzene rings is 3. The van der Waals surface area contributed by atoms with Crippen LogP contribution in [0.3, 0.4) is 0 Å². The fourth-order valence-electron chi connectivity index (χ4n) is 5.63. The van der Waals surface area contributed by atoms with Crippen LogP contribution < -0.4 is 19.7 Å². The molecule has 1 aliphatic rings. The molecule has 1 aliphatic heterocycles. The average molecular weight is 758 g/mol. The van der Waals surface area contributed by atoms with E-state index in [-0.39, 0.29) is 47.3 Å². The van der Waals surface area contributed by atoms with Crippen LogP contribution in [0.15, 0.2) is 89.4 Å². The molecule has 0 radical (unpaired) electrons. The Bertz CT molecular complexity index is 2200. The summed E-state index contributed by atoms with van der Waals surface area (Å²) in [6.07, 6.45) is -1.33. The molecule has 0 bridgehead atoms. The number of carbonyl (C=O) groups is 1. The van der Waals surface area contributed by atoms with Gasteiger partial charge in [0, 0.05) is 48.8 Å². The van der Waals surface area contributed by atoms with E-state index in [0.29, 0.717) is 23.4 Å². The van der Waals surface area contributed by atoms with Gasteiger partial charge in [0.25, 0.3) is 11.6 Å². The van der Waals surface area contributed by atoms with Crippen LogP contribution in [0.1, 0.15) is 28.9 Å². The molecule has 1 amide bonds. The van der Waals surface area contributed by atoms with Crippen LogP contribution in [-0.4, -0.2) is 54.1 Å². The normalized spacial score (nSPS) is 14.9. The second kappa shape index (κ2) is 15.0. The molecule has 52 heavy (non-hydrogen) atoms. The van der Waals surface area contributed by atoms with E-state index < -0.39 is 55.8 Å². The predicted octanol–water partition coefficient (Wildman–Crippen LogP) is 6.91. The molecule has 0 saturated carbocycles. The van der Waals surface area contributed by atoms with E-state index in [1.165, 1.54) is 40.9 Å². The topological polar surface area (TPSA) is 170 Å². The number of hydrogen-bond donors (Lipinski definition) is 2. The Morgan fingerprint density at radius 1 is 1.10 bits per heavy atom. The molecular formula is C33H27F4N7O6S2. The van der Waals surface area contributed by atoms with E-state index >= 15 is 13.2 Å². The first-order valence-electron chi connectivity index (χ1n) is 15.5. The van der Waals surface area contributed by atoms with Gasteiger partial charge >= 0.3 is 6.18 Å². The summed E-state index contributed by atoms with van der Waals surface area (Å²) in [4.78, 5) is 29.3. The number of non-ortho nitro benzene ring substituents is 1. The summed E-state index contributed by atoms with van der Waals surface area (Å²) in [6, 6.07) is 12.8. The zero-order valence-electron chi connectivity index (χ0n) is 26.7. The van der Waals surface area contributed by atoms with E-state index in [1.54, 1.807) is 6.07 Å². The number of aromatic nitrogens is 3. The van der Waals surface area contributed by atoms with Crippen molar-refractivity contribution in [2.24, 2.45) is 5.92 Å². The molecular weight excluding hydrogens is 731 g/mol. The van der Waals surface area contributed by atoms with E-state index in [4.69, 9.17) is 4.74 Å². The summed E-state index contributed by atoms with van der Waals surface area (Å²) in [5.41, 5.74) is -1.64. The van der Waals surface area contributed by atoms with Gasteiger partial charge in [-0.1, -0.05) is 6.07 Å². The maximum Gasteiger partial charge on any atom is 0.422 e. The number of rotatable bonds is 11. The lowest BCUT2D eigenvalue weighted by Crippen LogP contribution is -2.42. The molecule has 1 atom stereocenters. The van der Waals surface area contributed by atoms with Crippen molar-refractivity contribution in [3.05, 3.63) is 112 Å². The summed E-state index contributed by atoms with van der Waals surface area (Å²) in [7, 11) is -4.13. The molecule has 1 fully saturated rings. The lowest BCUT2D eigenvalue weighted by Gasteiger charge is -2.37. The number of carbonyl (C=O) groups excluding carboxylic acids is 1. The number of alkyl halides is 3. The van der Waals surface area contributed by atoms with Crippen molar-refractivity contribution in [3.8, 4) is 22.1 Å². The summed E-state index contributed by atoms with van der Waals surface area (Å²) in [5.74, 6) is -2.84. The van der Waals surface area contributed by atoms with Gasteiger partial charge < -0.3 is 15.0 Å². The summed E-state index contributed by atoms with van der Waals surface area (Å²) in [6.45, 7) is -0.116. The molecule has 19 heteroatoms. The second-order valence-electron chi connectivity index (χ2n) is 11.6. The number of ether oxygens (including phenoxy) is 1. The minimum atomic E-state index is -5.04. The minimum absolute atomic E-state index is 0.0615. The summed E-state index contributed by atoms with van der Waals surface area (Å²) >= 11 is 1.13. The van der Waals surface area contributed by atoms with Crippen LogP contribution in [-0.2, 0) is 16.2 Å². The minimum Gasteiger partial charge on any atom is -0.457 e. The van der Waals surface area contributed by atoms with Crippen LogP contribution in [0.2, 0.25) is 0 Å². The molecule has 0 spiro atoms. The number of nitrogens with one attached hydrogen (secondary N) is 2. The lowest BCUT2D eigenvalue weighted by molar-refractivity contribution is -0.384. The van der Waals surface area contributed by atoms with Crippen molar-refractivity contribution < 1.29 is 40.4 Å². The molecule has 2 aromatic heterocycles. The summed E-state index contributed by atoms with van der Waals surface area (Å²) < 4.78 is 93.3. The SMILES string of the molecule is O=C(Nc1ccc(Oc2cccc(F)c2)c(C(F)(F)F)c1N1CCC[C@@H](CNS(=O)(=O)c2ccc([N+](=O)[O-])cc2)C1)c1csc(-c2ccnnc2)n1. The average Bonchev–Trinajstić information content (AvgIpc) is 3.62. The van der Waals surface area contributed by atoms with Gasteiger partial charge in [-0.3, -0.25) is 14.9 Å². The van der Waals surface area contributed by atoms with Crippen LogP contribution in [0.5, 0.6) is 11.5 Å². The van der Waals surface area contributed by atoms with Gasteiger partial charge in [0.15, 0.2) is 0 Å². The Hall–Kier alpha value is -5.53. The molecule has 0 aliphatic carbocycles. The Labute approximate surface area is 297 Å². The van der Waals surface area contributed by atoms with Crippen LogP contribution in [0.4, 0.5) is 34.6 Å². The quantitative estimate of drug-likeness (QED) is 0.0821. The van der Waals surface area contributed by atoms with E-state index in [0.717, 1.165) is 53.8 Å². The Kier molecular flexibility index (Phi) is 10.4. The maximum absolute atomic E-state index is 15.1. The van der Waals surface area contributed by atoms with Crippen LogP contribution >= 0.6 is 11.3 Å². The maximum atomic E-state index is 15.1. The highest BCUT2D eigenvalue weighted by Crippen LogP contribution is 2.48. The zero-order valence-corrected chi connectivity index (χ0v) is 28.3. The molecule has 3 heterocycles. The third-order valence-corrected chi connectivity index (χ3v) is 10.3. The highest BCUT2D eigenvalue weighted by atomic mass is 32.2. The first-order chi connectivity index (χ1) is 24.8. The van der Waals surface area contributed by atoms with Crippen LogP contribution in [0, 0.1) is 21.8 Å². The lowest BCUT2D eigenvalue weighted by atomic mass is 9.96. The highest BCUT2D eigenvalue weighted by Gasteiger charge is 2.41.